The molecule has 1 aliphatic carbocycles. The van der Waals surface area contributed by atoms with Crippen LogP contribution in [-0.4, -0.2) is 65.7 Å². The number of aliphatic hydroxyl groups is 3. The molecule has 0 aromatic carbocycles. The van der Waals surface area contributed by atoms with E-state index in [0.29, 0.717) is 12.5 Å². The van der Waals surface area contributed by atoms with Gasteiger partial charge in [0, 0.05) is 6.61 Å². The van der Waals surface area contributed by atoms with E-state index in [0.717, 1.165) is 19.4 Å². The second-order valence-corrected chi connectivity index (χ2v) is 6.87. The maximum atomic E-state index is 10.5. The van der Waals surface area contributed by atoms with Gasteiger partial charge in [-0.2, -0.15) is 0 Å². The Bertz CT molecular complexity index is 324. The van der Waals surface area contributed by atoms with Crippen LogP contribution in [-0.2, 0) is 9.47 Å². The lowest BCUT2D eigenvalue weighted by Crippen LogP contribution is -2.64. The predicted molar refractivity (Wildman–Crippen MR) is 87.0 cm³/mol. The number of aliphatic hydroxyl groups excluding tert-OH is 3. The van der Waals surface area contributed by atoms with Crippen LogP contribution < -0.4 is 5.32 Å². The molecule has 6 nitrogen and oxygen atoms in total. The first-order valence-electron chi connectivity index (χ1n) is 9.14. The van der Waals surface area contributed by atoms with E-state index in [1.54, 1.807) is 0 Å². The van der Waals surface area contributed by atoms with Gasteiger partial charge < -0.3 is 30.1 Å². The summed E-state index contributed by atoms with van der Waals surface area (Å²) in [5.41, 5.74) is 0. The molecule has 0 aromatic rings. The van der Waals surface area contributed by atoms with Crippen molar-refractivity contribution in [1.29, 1.82) is 0 Å². The minimum Gasteiger partial charge on any atom is -0.394 e. The number of rotatable bonds is 8. The van der Waals surface area contributed by atoms with Gasteiger partial charge in [-0.25, -0.2) is 0 Å². The van der Waals surface area contributed by atoms with E-state index in [-0.39, 0.29) is 6.61 Å². The Kier molecular flexibility index (Phi) is 8.23. The molecule has 0 radical (unpaired) electrons. The minimum absolute atomic E-state index is 0.289. The van der Waals surface area contributed by atoms with Crippen molar-refractivity contribution in [2.45, 2.75) is 82.5 Å². The zero-order chi connectivity index (χ0) is 16.7. The number of nitrogens with one attached hydrogen (secondary N) is 1. The Labute approximate surface area is 139 Å². The van der Waals surface area contributed by atoms with E-state index in [1.807, 2.05) is 0 Å². The molecule has 23 heavy (non-hydrogen) atoms. The van der Waals surface area contributed by atoms with Gasteiger partial charge in [-0.3, -0.25) is 0 Å². The summed E-state index contributed by atoms with van der Waals surface area (Å²) >= 11 is 0. The van der Waals surface area contributed by atoms with E-state index in [9.17, 15) is 15.3 Å². The summed E-state index contributed by atoms with van der Waals surface area (Å²) in [6.07, 6.45) is 4.69. The highest BCUT2D eigenvalue weighted by molar-refractivity contribution is 4.94. The molecule has 4 N–H and O–H groups in total. The third-order valence-corrected chi connectivity index (χ3v) is 5.03. The summed E-state index contributed by atoms with van der Waals surface area (Å²) < 4.78 is 11.1. The van der Waals surface area contributed by atoms with Gasteiger partial charge in [-0.15, -0.1) is 0 Å². The lowest BCUT2D eigenvalue weighted by atomic mass is 9.88. The number of unbranched alkanes of at least 4 members (excludes halogenated alkanes) is 1. The van der Waals surface area contributed by atoms with Crippen molar-refractivity contribution < 1.29 is 24.8 Å². The van der Waals surface area contributed by atoms with Crippen LogP contribution in [0.15, 0.2) is 0 Å². The van der Waals surface area contributed by atoms with Gasteiger partial charge >= 0.3 is 0 Å². The third kappa shape index (κ3) is 5.37. The molecular formula is C17H33NO5. The van der Waals surface area contributed by atoms with Gasteiger partial charge in [0.15, 0.2) is 6.29 Å². The van der Waals surface area contributed by atoms with Crippen molar-refractivity contribution >= 4 is 0 Å². The van der Waals surface area contributed by atoms with E-state index in [1.165, 1.54) is 32.1 Å². The molecule has 0 aromatic heterocycles. The van der Waals surface area contributed by atoms with Gasteiger partial charge in [0.2, 0.25) is 0 Å². The van der Waals surface area contributed by atoms with Gasteiger partial charge in [-0.1, -0.05) is 32.6 Å². The third-order valence-electron chi connectivity index (χ3n) is 5.03. The molecule has 1 aliphatic heterocycles. The van der Waals surface area contributed by atoms with Crippen molar-refractivity contribution in [2.24, 2.45) is 5.92 Å². The molecule has 5 atom stereocenters. The number of hydrogen-bond donors (Lipinski definition) is 4. The highest BCUT2D eigenvalue weighted by atomic mass is 16.7. The topological polar surface area (TPSA) is 91.2 Å². The molecule has 2 aliphatic rings. The fourth-order valence-electron chi connectivity index (χ4n) is 3.50. The quantitative estimate of drug-likeness (QED) is 0.492. The maximum absolute atomic E-state index is 10.5. The molecule has 1 heterocycles. The first-order chi connectivity index (χ1) is 11.2. The Hall–Kier alpha value is -0.240. The molecule has 0 amide bonds. The molecule has 2 fully saturated rings. The zero-order valence-electron chi connectivity index (χ0n) is 14.2. The standard InChI is InChI=1S/C17H33NO5/c1-2-3-9-22-17-16(21)14(15(20)13(11-19)23-17)18-10-12-7-5-4-6-8-12/h12-21H,2-11H2,1H3/t13-,14+,15-,16-,17+/m1/s1. The van der Waals surface area contributed by atoms with E-state index in [2.05, 4.69) is 12.2 Å². The van der Waals surface area contributed by atoms with Crippen LogP contribution in [0.3, 0.4) is 0 Å². The predicted octanol–water partition coefficient (Wildman–Crippen LogP) is 0.781. The summed E-state index contributed by atoms with van der Waals surface area (Å²) in [5.74, 6) is 0.595. The highest BCUT2D eigenvalue weighted by Gasteiger charge is 2.44. The van der Waals surface area contributed by atoms with Gasteiger partial charge in [0.1, 0.15) is 18.3 Å². The average molecular weight is 331 g/mol. The maximum Gasteiger partial charge on any atom is 0.185 e. The molecular weight excluding hydrogens is 298 g/mol. The van der Waals surface area contributed by atoms with Crippen LogP contribution in [0.5, 0.6) is 0 Å². The normalized spacial score (nSPS) is 36.3. The van der Waals surface area contributed by atoms with Gasteiger partial charge in [0.25, 0.3) is 0 Å². The van der Waals surface area contributed by atoms with Crippen molar-refractivity contribution in [3.63, 3.8) is 0 Å². The summed E-state index contributed by atoms with van der Waals surface area (Å²) in [7, 11) is 0. The van der Waals surface area contributed by atoms with E-state index in [4.69, 9.17) is 9.47 Å². The van der Waals surface area contributed by atoms with Crippen molar-refractivity contribution in [3.8, 4) is 0 Å². The lowest BCUT2D eigenvalue weighted by molar-refractivity contribution is -0.279. The van der Waals surface area contributed by atoms with Gasteiger partial charge in [-0.05, 0) is 31.7 Å². The molecule has 2 rings (SSSR count). The Morgan fingerprint density at radius 1 is 1.13 bits per heavy atom. The van der Waals surface area contributed by atoms with Crippen LogP contribution in [0.1, 0.15) is 51.9 Å². The van der Waals surface area contributed by atoms with Crippen LogP contribution in [0.25, 0.3) is 0 Å². The number of ether oxygens (including phenoxy) is 2. The van der Waals surface area contributed by atoms with E-state index < -0.39 is 30.6 Å². The smallest absolute Gasteiger partial charge is 0.185 e. The Morgan fingerprint density at radius 2 is 1.87 bits per heavy atom. The highest BCUT2D eigenvalue weighted by Crippen LogP contribution is 2.25. The first-order valence-corrected chi connectivity index (χ1v) is 9.14. The summed E-state index contributed by atoms with van der Waals surface area (Å²) in [6.45, 7) is 3.06. The SMILES string of the molecule is CCCCO[C@H]1O[C@H](CO)[C@@H](O)[C@H](NCC2CCCCC2)[C@H]1O. The molecule has 1 saturated heterocycles. The number of hydrogen-bond acceptors (Lipinski definition) is 6. The molecule has 0 bridgehead atoms. The molecule has 1 saturated carbocycles. The minimum atomic E-state index is -0.940. The molecule has 6 heteroatoms. The van der Waals surface area contributed by atoms with Crippen LogP contribution in [0.4, 0.5) is 0 Å². The van der Waals surface area contributed by atoms with Crippen molar-refractivity contribution in [3.05, 3.63) is 0 Å². The first kappa shape index (κ1) is 19.1. The van der Waals surface area contributed by atoms with Crippen molar-refractivity contribution in [2.75, 3.05) is 19.8 Å². The van der Waals surface area contributed by atoms with Crippen LogP contribution >= 0.6 is 0 Å². The summed E-state index contributed by atoms with van der Waals surface area (Å²) in [4.78, 5) is 0. The van der Waals surface area contributed by atoms with E-state index >= 15 is 0 Å². The second kappa shape index (κ2) is 9.91. The monoisotopic (exact) mass is 331 g/mol. The second-order valence-electron chi connectivity index (χ2n) is 6.87. The average Bonchev–Trinajstić information content (AvgIpc) is 2.58. The fourth-order valence-corrected chi connectivity index (χ4v) is 3.50. The summed E-state index contributed by atoms with van der Waals surface area (Å²) in [6, 6.07) is -0.533. The van der Waals surface area contributed by atoms with Crippen LogP contribution in [0, 0.1) is 5.92 Å². The molecule has 0 spiro atoms. The van der Waals surface area contributed by atoms with Gasteiger partial charge in [0.05, 0.1) is 12.6 Å². The lowest BCUT2D eigenvalue weighted by Gasteiger charge is -2.43. The summed E-state index contributed by atoms with van der Waals surface area (Å²) in [5, 5.41) is 33.6. The zero-order valence-corrected chi connectivity index (χ0v) is 14.2. The van der Waals surface area contributed by atoms with Crippen molar-refractivity contribution in [1.82, 2.24) is 5.32 Å². The Balaban J connectivity index is 1.90. The molecule has 0 unspecified atom stereocenters. The van der Waals surface area contributed by atoms with Crippen LogP contribution in [0.2, 0.25) is 0 Å². The fraction of sp³-hybridized carbons (Fsp3) is 1.00. The largest absolute Gasteiger partial charge is 0.394 e. The Morgan fingerprint density at radius 3 is 2.52 bits per heavy atom. The molecule has 136 valence electrons.